The molecule has 3 aliphatic rings. The Morgan fingerprint density at radius 3 is 2.53 bits per heavy atom. The largest absolute Gasteiger partial charge is 0.449 e. The van der Waals surface area contributed by atoms with Crippen molar-refractivity contribution in [2.75, 3.05) is 26.2 Å². The van der Waals surface area contributed by atoms with Gasteiger partial charge in [0.25, 0.3) is 0 Å². The van der Waals surface area contributed by atoms with Gasteiger partial charge in [0, 0.05) is 40.3 Å². The lowest BCUT2D eigenvalue weighted by atomic mass is 10.1. The van der Waals surface area contributed by atoms with Gasteiger partial charge in [-0.3, -0.25) is 4.79 Å². The Morgan fingerprint density at radius 2 is 1.83 bits per heavy atom. The molecule has 6 heteroatoms. The fraction of sp³-hybridized carbons (Fsp3) is 0.833. The monoisotopic (exact) mass is 420 g/mol. The Kier molecular flexibility index (Phi) is 8.87. The van der Waals surface area contributed by atoms with E-state index in [9.17, 15) is 9.59 Å². The van der Waals surface area contributed by atoms with E-state index in [1.165, 1.54) is 0 Å². The summed E-state index contributed by atoms with van der Waals surface area (Å²) >= 11 is 0. The Morgan fingerprint density at radius 1 is 1.10 bits per heavy atom. The number of amides is 2. The summed E-state index contributed by atoms with van der Waals surface area (Å²) in [6.07, 6.45) is 8.51. The molecule has 170 valence electrons. The second kappa shape index (κ2) is 11.6. The quantitative estimate of drug-likeness (QED) is 0.429. The van der Waals surface area contributed by atoms with Crippen LogP contribution >= 0.6 is 0 Å². The minimum atomic E-state index is -0.310. The molecule has 0 spiro atoms. The van der Waals surface area contributed by atoms with Crippen LogP contribution in [0.2, 0.25) is 0 Å². The molecular formula is C24H40N2O4. The van der Waals surface area contributed by atoms with Crippen molar-refractivity contribution in [3.8, 4) is 11.8 Å². The van der Waals surface area contributed by atoms with Crippen LogP contribution in [0.25, 0.3) is 0 Å². The van der Waals surface area contributed by atoms with Crippen molar-refractivity contribution in [3.05, 3.63) is 0 Å². The molecule has 1 aliphatic heterocycles. The highest BCUT2D eigenvalue weighted by Crippen LogP contribution is 2.52. The number of alkyl carbamates (subject to hydrolysis) is 1. The Labute approximate surface area is 182 Å². The maximum Gasteiger partial charge on any atom is 0.407 e. The third-order valence-electron chi connectivity index (χ3n) is 6.55. The Bertz CT molecular complexity index is 627. The smallest absolute Gasteiger partial charge is 0.407 e. The van der Waals surface area contributed by atoms with Gasteiger partial charge in [-0.1, -0.05) is 6.42 Å². The first-order valence-corrected chi connectivity index (χ1v) is 11.8. The number of carbonyl (C=O) groups excluding carboxylic acids is 2. The summed E-state index contributed by atoms with van der Waals surface area (Å²) in [7, 11) is 0. The number of nitrogens with zero attached hydrogens (tertiary/aromatic N) is 1. The molecule has 30 heavy (non-hydrogen) atoms. The average Bonchev–Trinajstić information content (AvgIpc) is 3.09. The van der Waals surface area contributed by atoms with E-state index in [0.29, 0.717) is 37.3 Å². The highest BCUT2D eigenvalue weighted by Gasteiger charge is 2.49. The predicted octanol–water partition coefficient (Wildman–Crippen LogP) is 3.98. The van der Waals surface area contributed by atoms with Crippen molar-refractivity contribution in [1.82, 2.24) is 10.2 Å². The zero-order valence-corrected chi connectivity index (χ0v) is 18.7. The molecule has 2 amide bonds. The van der Waals surface area contributed by atoms with E-state index >= 15 is 0 Å². The van der Waals surface area contributed by atoms with Gasteiger partial charge >= 0.3 is 6.09 Å². The van der Waals surface area contributed by atoms with Gasteiger partial charge in [0.05, 0.1) is 18.8 Å². The van der Waals surface area contributed by atoms with E-state index in [1.807, 2.05) is 18.7 Å². The van der Waals surface area contributed by atoms with Gasteiger partial charge in [-0.05, 0) is 63.7 Å². The minimum absolute atomic E-state index is 0. The summed E-state index contributed by atoms with van der Waals surface area (Å²) in [5, 5.41) is 2.84. The molecule has 1 unspecified atom stereocenters. The predicted molar refractivity (Wildman–Crippen MR) is 118 cm³/mol. The van der Waals surface area contributed by atoms with E-state index in [-0.39, 0.29) is 25.6 Å². The second-order valence-corrected chi connectivity index (χ2v) is 9.19. The lowest BCUT2D eigenvalue weighted by Gasteiger charge is -2.18. The second-order valence-electron chi connectivity index (χ2n) is 9.19. The van der Waals surface area contributed by atoms with Crippen LogP contribution in [0.1, 0.15) is 73.1 Å². The summed E-state index contributed by atoms with van der Waals surface area (Å²) in [6, 6.07) is 0. The van der Waals surface area contributed by atoms with Crippen LogP contribution in [-0.4, -0.2) is 55.3 Å². The van der Waals surface area contributed by atoms with Gasteiger partial charge in [0.2, 0.25) is 5.91 Å². The molecule has 2 aliphatic carbocycles. The van der Waals surface area contributed by atoms with Gasteiger partial charge in [0.15, 0.2) is 0 Å². The van der Waals surface area contributed by atoms with Crippen LogP contribution in [0.5, 0.6) is 0 Å². The first kappa shape index (κ1) is 22.9. The fourth-order valence-electron chi connectivity index (χ4n) is 4.88. The SMILES string of the molecule is CC(C)O[C@H]1CCN(C(=O)CCCCCNC(=O)OCC2[C@H]3CCC#CCC[C@@H]23)C1.[HH]. The lowest BCUT2D eigenvalue weighted by Crippen LogP contribution is -2.30. The van der Waals surface area contributed by atoms with Crippen LogP contribution in [0, 0.1) is 29.6 Å². The van der Waals surface area contributed by atoms with E-state index in [2.05, 4.69) is 17.2 Å². The first-order valence-electron chi connectivity index (χ1n) is 11.8. The molecule has 4 atom stereocenters. The Balaban J connectivity index is 0.00000341. The van der Waals surface area contributed by atoms with Crippen molar-refractivity contribution >= 4 is 12.0 Å². The van der Waals surface area contributed by atoms with Crippen molar-refractivity contribution < 1.29 is 20.5 Å². The zero-order valence-electron chi connectivity index (χ0n) is 18.7. The maximum atomic E-state index is 12.3. The van der Waals surface area contributed by atoms with Crippen molar-refractivity contribution in [1.29, 1.82) is 0 Å². The van der Waals surface area contributed by atoms with E-state index in [0.717, 1.165) is 64.5 Å². The summed E-state index contributed by atoms with van der Waals surface area (Å²) in [5.41, 5.74) is 0. The fourth-order valence-corrected chi connectivity index (χ4v) is 4.88. The highest BCUT2D eigenvalue weighted by atomic mass is 16.5. The maximum absolute atomic E-state index is 12.3. The number of unbranched alkanes of at least 4 members (excludes halogenated alkanes) is 2. The molecule has 1 saturated carbocycles. The molecule has 6 nitrogen and oxygen atoms in total. The molecule has 1 heterocycles. The van der Waals surface area contributed by atoms with E-state index in [1.54, 1.807) is 0 Å². The topological polar surface area (TPSA) is 67.9 Å². The third-order valence-corrected chi connectivity index (χ3v) is 6.55. The van der Waals surface area contributed by atoms with E-state index < -0.39 is 0 Å². The van der Waals surface area contributed by atoms with Crippen LogP contribution in [-0.2, 0) is 14.3 Å². The standard InChI is InChI=1S/C24H38N2O4.H2/c1-18(2)30-19-13-15-26(16-19)23(27)12-8-5-9-14-25-24(28)29-17-22-20-10-6-3-4-7-11-21(20)22;/h18-22H,5-17H2,1-2H3,(H,25,28);1H/t19-,20-,21+,22?;/m0./s1. The van der Waals surface area contributed by atoms with Crippen LogP contribution in [0.3, 0.4) is 0 Å². The number of carbonyl (C=O) groups is 2. The molecule has 1 saturated heterocycles. The number of fused-ring (bicyclic) bond motifs is 1. The van der Waals surface area contributed by atoms with Crippen LogP contribution in [0.15, 0.2) is 0 Å². The summed E-state index contributed by atoms with van der Waals surface area (Å²) in [4.78, 5) is 26.1. The van der Waals surface area contributed by atoms with Gasteiger partial charge in [-0.15, -0.1) is 11.8 Å². The van der Waals surface area contributed by atoms with Gasteiger partial charge in [-0.25, -0.2) is 4.79 Å². The number of hydrogen-bond acceptors (Lipinski definition) is 4. The molecule has 3 rings (SSSR count). The summed E-state index contributed by atoms with van der Waals surface area (Å²) in [6.45, 7) is 6.73. The van der Waals surface area contributed by atoms with Gasteiger partial charge in [-0.2, -0.15) is 0 Å². The zero-order chi connectivity index (χ0) is 21.3. The Hall–Kier alpha value is -1.74. The molecule has 0 aromatic carbocycles. The average molecular weight is 421 g/mol. The van der Waals surface area contributed by atoms with Gasteiger partial charge < -0.3 is 19.7 Å². The highest BCUT2D eigenvalue weighted by molar-refractivity contribution is 5.76. The molecule has 2 fully saturated rings. The summed E-state index contributed by atoms with van der Waals surface area (Å²) < 4.78 is 11.2. The number of nitrogens with one attached hydrogen (secondary N) is 1. The number of likely N-dealkylation sites (tertiary alicyclic amines) is 1. The van der Waals surface area contributed by atoms with Crippen molar-refractivity contribution in [2.45, 2.75) is 83.8 Å². The van der Waals surface area contributed by atoms with Crippen molar-refractivity contribution in [3.63, 3.8) is 0 Å². The van der Waals surface area contributed by atoms with E-state index in [4.69, 9.17) is 9.47 Å². The normalized spacial score (nSPS) is 27.5. The van der Waals surface area contributed by atoms with Crippen LogP contribution in [0.4, 0.5) is 4.79 Å². The first-order chi connectivity index (χ1) is 14.5. The lowest BCUT2D eigenvalue weighted by molar-refractivity contribution is -0.131. The van der Waals surface area contributed by atoms with Crippen molar-refractivity contribution in [2.24, 2.45) is 17.8 Å². The molecule has 0 aromatic rings. The molecule has 0 radical (unpaired) electrons. The number of hydrogen-bond donors (Lipinski definition) is 1. The number of rotatable bonds is 10. The van der Waals surface area contributed by atoms with Crippen LogP contribution < -0.4 is 5.32 Å². The number of ether oxygens (including phenoxy) is 2. The molecule has 1 N–H and O–H groups in total. The minimum Gasteiger partial charge on any atom is -0.449 e. The summed E-state index contributed by atoms with van der Waals surface area (Å²) in [5.74, 6) is 8.57. The third kappa shape index (κ3) is 7.19. The molecular weight excluding hydrogens is 380 g/mol. The van der Waals surface area contributed by atoms with Gasteiger partial charge in [0.1, 0.15) is 0 Å². The molecule has 0 aromatic heterocycles. The molecule has 0 bridgehead atoms.